The molecule has 3 rings (SSSR count). The van der Waals surface area contributed by atoms with Crippen LogP contribution in [-0.2, 0) is 17.9 Å². The maximum absolute atomic E-state index is 12.9. The molecular formula is C26H31N5O2S. The van der Waals surface area contributed by atoms with Crippen LogP contribution in [-0.4, -0.2) is 32.3 Å². The Morgan fingerprint density at radius 3 is 2.44 bits per heavy atom. The van der Waals surface area contributed by atoms with E-state index in [9.17, 15) is 9.59 Å². The van der Waals surface area contributed by atoms with Crippen molar-refractivity contribution in [3.63, 3.8) is 0 Å². The molecule has 7 nitrogen and oxygen atoms in total. The predicted molar refractivity (Wildman–Crippen MR) is 135 cm³/mol. The fourth-order valence-electron chi connectivity index (χ4n) is 3.37. The van der Waals surface area contributed by atoms with Crippen molar-refractivity contribution in [1.29, 1.82) is 0 Å². The zero-order valence-corrected chi connectivity index (χ0v) is 20.6. The van der Waals surface area contributed by atoms with Gasteiger partial charge < -0.3 is 15.2 Å². The Morgan fingerprint density at radius 1 is 1.09 bits per heavy atom. The number of benzene rings is 2. The number of carbonyl (C=O) groups is 2. The lowest BCUT2D eigenvalue weighted by molar-refractivity contribution is -0.118. The molecule has 1 atom stereocenters. The lowest BCUT2D eigenvalue weighted by Gasteiger charge is -2.22. The van der Waals surface area contributed by atoms with E-state index in [4.69, 9.17) is 0 Å². The second-order valence-corrected chi connectivity index (χ2v) is 9.29. The summed E-state index contributed by atoms with van der Waals surface area (Å²) in [5.41, 5.74) is 2.73. The number of rotatable bonds is 11. The van der Waals surface area contributed by atoms with Crippen molar-refractivity contribution in [1.82, 2.24) is 25.4 Å². The van der Waals surface area contributed by atoms with E-state index in [1.807, 2.05) is 79.9 Å². The molecule has 1 heterocycles. The number of carbonyl (C=O) groups excluding carboxylic acids is 2. The van der Waals surface area contributed by atoms with Gasteiger partial charge in [-0.3, -0.25) is 9.59 Å². The molecule has 0 saturated heterocycles. The van der Waals surface area contributed by atoms with E-state index in [0.29, 0.717) is 29.6 Å². The number of allylic oxidation sites excluding steroid dienone is 1. The van der Waals surface area contributed by atoms with Gasteiger partial charge in [-0.1, -0.05) is 79.7 Å². The van der Waals surface area contributed by atoms with E-state index in [0.717, 1.165) is 11.1 Å². The molecule has 2 aromatic carbocycles. The van der Waals surface area contributed by atoms with Gasteiger partial charge in [-0.2, -0.15) is 0 Å². The quantitative estimate of drug-likeness (QED) is 0.317. The highest BCUT2D eigenvalue weighted by atomic mass is 32.2. The van der Waals surface area contributed by atoms with Gasteiger partial charge >= 0.3 is 0 Å². The van der Waals surface area contributed by atoms with Gasteiger partial charge in [0, 0.05) is 18.7 Å². The average Bonchev–Trinajstić information content (AvgIpc) is 3.23. The van der Waals surface area contributed by atoms with Crippen LogP contribution in [0.3, 0.4) is 0 Å². The summed E-state index contributed by atoms with van der Waals surface area (Å²) in [4.78, 5) is 25.2. The number of aromatic nitrogens is 3. The van der Waals surface area contributed by atoms with Gasteiger partial charge in [-0.15, -0.1) is 16.8 Å². The Bertz CT molecular complexity index is 1110. The maximum atomic E-state index is 12.9. The smallest absolute Gasteiger partial charge is 0.251 e. The van der Waals surface area contributed by atoms with Crippen molar-refractivity contribution in [2.45, 2.75) is 45.1 Å². The minimum atomic E-state index is -0.345. The van der Waals surface area contributed by atoms with Gasteiger partial charge in [0.25, 0.3) is 5.91 Å². The largest absolute Gasteiger partial charge is 0.351 e. The lowest BCUT2D eigenvalue weighted by atomic mass is 10.0. The zero-order valence-electron chi connectivity index (χ0n) is 19.8. The van der Waals surface area contributed by atoms with Gasteiger partial charge in [0.1, 0.15) is 0 Å². The maximum Gasteiger partial charge on any atom is 0.251 e. The molecule has 0 saturated carbocycles. The van der Waals surface area contributed by atoms with Gasteiger partial charge in [-0.05, 0) is 30.5 Å². The van der Waals surface area contributed by atoms with Crippen molar-refractivity contribution >= 4 is 23.6 Å². The van der Waals surface area contributed by atoms with Gasteiger partial charge in [0.2, 0.25) is 5.91 Å². The minimum absolute atomic E-state index is 0.0779. The molecule has 0 radical (unpaired) electrons. The van der Waals surface area contributed by atoms with Crippen LogP contribution in [0.5, 0.6) is 0 Å². The summed E-state index contributed by atoms with van der Waals surface area (Å²) in [6.07, 6.45) is 1.76. The lowest BCUT2D eigenvalue weighted by Crippen LogP contribution is -2.33. The van der Waals surface area contributed by atoms with Crippen LogP contribution in [0.25, 0.3) is 0 Å². The molecule has 0 fully saturated rings. The molecule has 2 N–H and O–H groups in total. The van der Waals surface area contributed by atoms with Crippen LogP contribution in [0, 0.1) is 12.8 Å². The number of nitrogens with zero attached hydrogens (tertiary/aromatic N) is 3. The summed E-state index contributed by atoms with van der Waals surface area (Å²) in [7, 11) is 0. The molecule has 0 aliphatic heterocycles. The van der Waals surface area contributed by atoms with E-state index in [2.05, 4.69) is 27.4 Å². The molecule has 0 spiro atoms. The summed E-state index contributed by atoms with van der Waals surface area (Å²) in [5.74, 6) is 0.680. The number of hydrogen-bond donors (Lipinski definition) is 2. The molecule has 34 heavy (non-hydrogen) atoms. The minimum Gasteiger partial charge on any atom is -0.351 e. The normalized spacial score (nSPS) is 11.8. The third kappa shape index (κ3) is 6.81. The molecule has 0 aliphatic carbocycles. The van der Waals surface area contributed by atoms with Gasteiger partial charge in [0.05, 0.1) is 11.8 Å². The first-order valence-electron chi connectivity index (χ1n) is 11.2. The van der Waals surface area contributed by atoms with Crippen LogP contribution in [0.15, 0.2) is 72.4 Å². The molecular weight excluding hydrogens is 446 g/mol. The number of amides is 2. The molecule has 3 aromatic rings. The van der Waals surface area contributed by atoms with E-state index in [-0.39, 0.29) is 29.5 Å². The summed E-state index contributed by atoms with van der Waals surface area (Å²) in [6, 6.07) is 16.9. The Kier molecular flexibility index (Phi) is 9.04. The first-order chi connectivity index (χ1) is 16.4. The second-order valence-electron chi connectivity index (χ2n) is 8.35. The van der Waals surface area contributed by atoms with Crippen LogP contribution < -0.4 is 10.6 Å². The Hall–Kier alpha value is -3.39. The first-order valence-corrected chi connectivity index (χ1v) is 12.2. The van der Waals surface area contributed by atoms with Crippen molar-refractivity contribution in [3.05, 3.63) is 89.8 Å². The third-order valence-electron chi connectivity index (χ3n) is 5.27. The third-order valence-corrected chi connectivity index (χ3v) is 6.23. The molecule has 178 valence electrons. The molecule has 8 heteroatoms. The standard InChI is InChI=1S/C26H31N5O2S/c1-5-15-31-24(23(18(2)3)28-25(33)21-13-11-19(4)12-14-21)29-30-26(31)34-17-22(32)27-16-20-9-7-6-8-10-20/h5-14,18,23H,1,15-17H2,2-4H3,(H,27,32)(H,28,33)/t23-/m0/s1. The van der Waals surface area contributed by atoms with Crippen LogP contribution in [0.4, 0.5) is 0 Å². The van der Waals surface area contributed by atoms with Gasteiger partial charge in [-0.25, -0.2) is 0 Å². The van der Waals surface area contributed by atoms with E-state index in [1.54, 1.807) is 6.08 Å². The summed E-state index contributed by atoms with van der Waals surface area (Å²) in [5, 5.41) is 15.3. The van der Waals surface area contributed by atoms with Crippen LogP contribution in [0.2, 0.25) is 0 Å². The molecule has 0 bridgehead atoms. The predicted octanol–water partition coefficient (Wildman–Crippen LogP) is 4.31. The zero-order chi connectivity index (χ0) is 24.5. The monoisotopic (exact) mass is 477 g/mol. The molecule has 0 aliphatic rings. The molecule has 1 aromatic heterocycles. The molecule has 0 unspecified atom stereocenters. The van der Waals surface area contributed by atoms with Crippen LogP contribution >= 0.6 is 11.8 Å². The highest BCUT2D eigenvalue weighted by Gasteiger charge is 2.26. The van der Waals surface area contributed by atoms with Crippen LogP contribution in [0.1, 0.15) is 47.2 Å². The SMILES string of the molecule is C=CCn1c(SCC(=O)NCc2ccccc2)nnc1[C@@H](NC(=O)c1ccc(C)cc1)C(C)C. The summed E-state index contributed by atoms with van der Waals surface area (Å²) in [6.45, 7) is 10.8. The van der Waals surface area contributed by atoms with Crippen molar-refractivity contribution in [2.24, 2.45) is 5.92 Å². The Balaban J connectivity index is 1.70. The number of aryl methyl sites for hydroxylation is 1. The Morgan fingerprint density at radius 2 is 1.79 bits per heavy atom. The van der Waals surface area contributed by atoms with Gasteiger partial charge in [0.15, 0.2) is 11.0 Å². The first kappa shape index (κ1) is 25.2. The van der Waals surface area contributed by atoms with Crippen molar-refractivity contribution in [3.8, 4) is 0 Å². The number of hydrogen-bond acceptors (Lipinski definition) is 5. The average molecular weight is 478 g/mol. The second kappa shape index (κ2) is 12.2. The summed E-state index contributed by atoms with van der Waals surface area (Å²) >= 11 is 1.31. The molecule has 2 amide bonds. The highest BCUT2D eigenvalue weighted by molar-refractivity contribution is 7.99. The fraction of sp³-hybridized carbons (Fsp3) is 0.308. The summed E-state index contributed by atoms with van der Waals surface area (Å²) < 4.78 is 1.90. The van der Waals surface area contributed by atoms with E-state index < -0.39 is 0 Å². The van der Waals surface area contributed by atoms with E-state index >= 15 is 0 Å². The highest BCUT2D eigenvalue weighted by Crippen LogP contribution is 2.25. The van der Waals surface area contributed by atoms with E-state index in [1.165, 1.54) is 11.8 Å². The van der Waals surface area contributed by atoms with Crippen molar-refractivity contribution in [2.75, 3.05) is 5.75 Å². The van der Waals surface area contributed by atoms with Crippen molar-refractivity contribution < 1.29 is 9.59 Å². The fourth-order valence-corrected chi connectivity index (χ4v) is 4.16. The topological polar surface area (TPSA) is 88.9 Å². The number of nitrogens with one attached hydrogen (secondary N) is 2. The number of thioether (sulfide) groups is 1. The Labute approximate surface area is 205 Å².